The maximum Gasteiger partial charge on any atom is 0.244 e. The van der Waals surface area contributed by atoms with E-state index in [4.69, 9.17) is 21.1 Å². The molecule has 2 amide bonds. The van der Waals surface area contributed by atoms with Crippen LogP contribution >= 0.6 is 11.6 Å². The quantitative estimate of drug-likeness (QED) is 0.417. The van der Waals surface area contributed by atoms with Crippen LogP contribution in [0, 0.1) is 0 Å². The van der Waals surface area contributed by atoms with Crippen LogP contribution in [0.25, 0.3) is 0 Å². The average Bonchev–Trinajstić information content (AvgIpc) is 2.92. The van der Waals surface area contributed by atoms with Crippen LogP contribution in [0.2, 0.25) is 5.02 Å². The average molecular weight is 566 g/mol. The molecule has 11 heteroatoms. The first kappa shape index (κ1) is 29.6. The molecule has 38 heavy (non-hydrogen) atoms. The highest BCUT2D eigenvalue weighted by Crippen LogP contribution is 2.35. The van der Waals surface area contributed by atoms with Gasteiger partial charge in [0, 0.05) is 23.7 Å². The number of benzene rings is 2. The Hall–Kier alpha value is -2.98. The molecule has 208 valence electrons. The molecule has 2 aromatic rings. The topological polar surface area (TPSA) is 105 Å². The van der Waals surface area contributed by atoms with E-state index >= 15 is 0 Å². The number of nitrogens with zero attached hydrogens (tertiary/aromatic N) is 2. The van der Waals surface area contributed by atoms with Crippen molar-refractivity contribution in [3.05, 3.63) is 53.1 Å². The van der Waals surface area contributed by atoms with E-state index in [1.165, 1.54) is 11.8 Å². The fourth-order valence-electron chi connectivity index (χ4n) is 4.08. The molecule has 0 aliphatic carbocycles. The van der Waals surface area contributed by atoms with Gasteiger partial charge in [-0.1, -0.05) is 43.6 Å². The maximum absolute atomic E-state index is 13.9. The van der Waals surface area contributed by atoms with Gasteiger partial charge in [-0.2, -0.15) is 0 Å². The number of hydrogen-bond acceptors (Lipinski definition) is 6. The van der Waals surface area contributed by atoms with E-state index in [-0.39, 0.29) is 29.9 Å². The molecule has 0 aromatic heterocycles. The van der Waals surface area contributed by atoms with Gasteiger partial charge in [-0.3, -0.25) is 13.9 Å². The lowest BCUT2D eigenvalue weighted by atomic mass is 10.1. The summed E-state index contributed by atoms with van der Waals surface area (Å²) in [5.74, 6) is -0.127. The van der Waals surface area contributed by atoms with Gasteiger partial charge in [-0.15, -0.1) is 0 Å². The number of carbonyl (C=O) groups is 2. The van der Waals surface area contributed by atoms with E-state index in [1.807, 2.05) is 20.8 Å². The van der Waals surface area contributed by atoms with Crippen molar-refractivity contribution in [2.45, 2.75) is 59.2 Å². The number of hydrogen-bond donors (Lipinski definition) is 1. The number of halogens is 1. The minimum absolute atomic E-state index is 0.0477. The molecule has 0 saturated heterocycles. The predicted molar refractivity (Wildman–Crippen MR) is 148 cm³/mol. The summed E-state index contributed by atoms with van der Waals surface area (Å²) in [6.45, 7) is 7.47. The van der Waals surface area contributed by atoms with Gasteiger partial charge in [0.1, 0.15) is 25.8 Å². The molecule has 9 nitrogen and oxygen atoms in total. The molecule has 2 aromatic carbocycles. The monoisotopic (exact) mass is 565 g/mol. The van der Waals surface area contributed by atoms with E-state index in [0.29, 0.717) is 41.7 Å². The highest BCUT2D eigenvalue weighted by atomic mass is 35.5. The molecule has 2 atom stereocenters. The number of rotatable bonds is 12. The Balaban J connectivity index is 1.99. The van der Waals surface area contributed by atoms with Crippen molar-refractivity contribution in [2.75, 3.05) is 29.8 Å². The molecule has 1 aliphatic rings. The zero-order chi connectivity index (χ0) is 27.9. The zero-order valence-corrected chi connectivity index (χ0v) is 23.8. The van der Waals surface area contributed by atoms with Crippen LogP contribution < -0.4 is 19.1 Å². The Bertz CT molecular complexity index is 1240. The van der Waals surface area contributed by atoms with Gasteiger partial charge in [0.25, 0.3) is 0 Å². The Kier molecular flexibility index (Phi) is 10.3. The lowest BCUT2D eigenvalue weighted by Crippen LogP contribution is -2.53. The Morgan fingerprint density at radius 3 is 2.34 bits per heavy atom. The molecule has 0 radical (unpaired) electrons. The minimum atomic E-state index is -3.86. The molecule has 1 aliphatic heterocycles. The van der Waals surface area contributed by atoms with E-state index in [9.17, 15) is 18.0 Å². The number of nitrogens with one attached hydrogen (secondary N) is 1. The lowest BCUT2D eigenvalue weighted by Gasteiger charge is -2.34. The van der Waals surface area contributed by atoms with Gasteiger partial charge in [0.2, 0.25) is 21.8 Å². The molecule has 0 spiro atoms. The normalized spacial score (nSPS) is 14.3. The van der Waals surface area contributed by atoms with Crippen molar-refractivity contribution in [1.29, 1.82) is 0 Å². The SMILES string of the molecule is CC[C@@H](C)NC(=O)[C@H](CC)N(Cc1ccccc1Cl)C(=O)CN(c1ccc2c(c1)OCCO2)S(=O)(=O)CC. The Labute approximate surface area is 230 Å². The van der Waals surface area contributed by atoms with Crippen molar-refractivity contribution in [3.63, 3.8) is 0 Å². The Morgan fingerprint density at radius 2 is 1.71 bits per heavy atom. The van der Waals surface area contributed by atoms with Crippen LogP contribution in [0.1, 0.15) is 46.1 Å². The standard InChI is InChI=1S/C27H36ClN3O6S/c1-5-19(4)29-27(33)23(6-2)30(17-20-10-8-9-11-22(20)28)26(32)18-31(38(34,35)7-3)21-12-13-24-25(16-21)37-15-14-36-24/h8-13,16,19,23H,5-7,14-15,17-18H2,1-4H3,(H,29,33)/t19-,23+/m1/s1. The lowest BCUT2D eigenvalue weighted by molar-refractivity contribution is -0.140. The molecule has 1 N–H and O–H groups in total. The second-order valence-corrected chi connectivity index (χ2v) is 11.7. The van der Waals surface area contributed by atoms with Crippen molar-refractivity contribution in [2.24, 2.45) is 0 Å². The fourth-order valence-corrected chi connectivity index (χ4v) is 5.33. The van der Waals surface area contributed by atoms with Crippen LogP contribution in [0.3, 0.4) is 0 Å². The molecular weight excluding hydrogens is 530 g/mol. The largest absolute Gasteiger partial charge is 0.486 e. The maximum atomic E-state index is 13.9. The van der Waals surface area contributed by atoms with E-state index < -0.39 is 28.5 Å². The zero-order valence-electron chi connectivity index (χ0n) is 22.3. The highest BCUT2D eigenvalue weighted by molar-refractivity contribution is 7.92. The number of carbonyl (C=O) groups excluding carboxylic acids is 2. The van der Waals surface area contributed by atoms with Gasteiger partial charge in [0.05, 0.1) is 11.4 Å². The third-order valence-electron chi connectivity index (χ3n) is 6.48. The summed E-state index contributed by atoms with van der Waals surface area (Å²) in [5, 5.41) is 3.40. The summed E-state index contributed by atoms with van der Waals surface area (Å²) in [6, 6.07) is 10.9. The Morgan fingerprint density at radius 1 is 1.03 bits per heavy atom. The third-order valence-corrected chi connectivity index (χ3v) is 8.59. The molecule has 1 heterocycles. The van der Waals surface area contributed by atoms with E-state index in [1.54, 1.807) is 42.5 Å². The number of amides is 2. The third kappa shape index (κ3) is 7.11. The van der Waals surface area contributed by atoms with Crippen LogP contribution in [0.15, 0.2) is 42.5 Å². The first-order valence-electron chi connectivity index (χ1n) is 12.8. The van der Waals surface area contributed by atoms with Crippen molar-refractivity contribution in [3.8, 4) is 11.5 Å². The molecule has 0 fully saturated rings. The minimum Gasteiger partial charge on any atom is -0.486 e. The smallest absolute Gasteiger partial charge is 0.244 e. The summed E-state index contributed by atoms with van der Waals surface area (Å²) < 4.78 is 38.6. The van der Waals surface area contributed by atoms with Crippen LogP contribution in [-0.2, 0) is 26.2 Å². The van der Waals surface area contributed by atoms with Gasteiger partial charge in [-0.05, 0) is 50.5 Å². The highest BCUT2D eigenvalue weighted by Gasteiger charge is 2.33. The summed E-state index contributed by atoms with van der Waals surface area (Å²) in [6.07, 6.45) is 1.07. The number of anilines is 1. The van der Waals surface area contributed by atoms with Gasteiger partial charge >= 0.3 is 0 Å². The molecule has 0 unspecified atom stereocenters. The van der Waals surface area contributed by atoms with Crippen molar-refractivity contribution >= 4 is 39.1 Å². The number of ether oxygens (including phenoxy) is 2. The first-order valence-corrected chi connectivity index (χ1v) is 14.8. The van der Waals surface area contributed by atoms with Gasteiger partial charge < -0.3 is 19.7 Å². The molecule has 3 rings (SSSR count). The molecule has 0 bridgehead atoms. The molecule has 0 saturated carbocycles. The van der Waals surface area contributed by atoms with Gasteiger partial charge in [0.15, 0.2) is 11.5 Å². The van der Waals surface area contributed by atoms with Crippen LogP contribution in [0.4, 0.5) is 5.69 Å². The first-order chi connectivity index (χ1) is 18.1. The van der Waals surface area contributed by atoms with Crippen LogP contribution in [-0.4, -0.2) is 62.7 Å². The fraction of sp³-hybridized carbons (Fsp3) is 0.481. The number of sulfonamides is 1. The van der Waals surface area contributed by atoms with Crippen molar-refractivity contribution in [1.82, 2.24) is 10.2 Å². The van der Waals surface area contributed by atoms with E-state index in [2.05, 4.69) is 5.32 Å². The van der Waals surface area contributed by atoms with E-state index in [0.717, 1.165) is 10.7 Å². The summed E-state index contributed by atoms with van der Waals surface area (Å²) in [7, 11) is -3.86. The van der Waals surface area contributed by atoms with Gasteiger partial charge in [-0.25, -0.2) is 8.42 Å². The summed E-state index contributed by atoms with van der Waals surface area (Å²) in [5.41, 5.74) is 0.931. The summed E-state index contributed by atoms with van der Waals surface area (Å²) >= 11 is 6.40. The predicted octanol–water partition coefficient (Wildman–Crippen LogP) is 3.99. The van der Waals surface area contributed by atoms with Crippen molar-refractivity contribution < 1.29 is 27.5 Å². The summed E-state index contributed by atoms with van der Waals surface area (Å²) in [4.78, 5) is 28.5. The second kappa shape index (κ2) is 13.2. The van der Waals surface area contributed by atoms with Crippen LogP contribution in [0.5, 0.6) is 11.5 Å². The second-order valence-electron chi connectivity index (χ2n) is 9.09. The number of fused-ring (bicyclic) bond motifs is 1. The molecular formula is C27H36ClN3O6S.